The summed E-state index contributed by atoms with van der Waals surface area (Å²) in [6.07, 6.45) is 9.86. The van der Waals surface area contributed by atoms with Crippen molar-refractivity contribution >= 4 is 33.3 Å². The number of likely N-dealkylation sites (tertiary alicyclic amines) is 1. The first kappa shape index (κ1) is 26.2. The van der Waals surface area contributed by atoms with Crippen LogP contribution >= 0.6 is 0 Å². The van der Waals surface area contributed by atoms with E-state index in [2.05, 4.69) is 56.0 Å². The third-order valence-corrected chi connectivity index (χ3v) is 9.49. The number of hydrogen-bond donors (Lipinski definition) is 1. The average molecular weight is 574 g/mol. The van der Waals surface area contributed by atoms with E-state index in [9.17, 15) is 5.11 Å². The molecule has 3 aromatic carbocycles. The molecule has 0 spiro atoms. The highest BCUT2D eigenvalue weighted by Gasteiger charge is 2.42. The van der Waals surface area contributed by atoms with E-state index < -0.39 is 0 Å². The minimum atomic E-state index is 0.249. The number of aromatic hydroxyl groups is 1. The topological polar surface area (TPSA) is 90.7 Å². The molecule has 8 rings (SSSR count). The van der Waals surface area contributed by atoms with Crippen molar-refractivity contribution in [1.82, 2.24) is 24.8 Å². The minimum absolute atomic E-state index is 0.249. The number of phenolic OH excluding ortho intramolecular Hbond substituents is 1. The summed E-state index contributed by atoms with van der Waals surface area (Å²) in [5, 5.41) is 13.7. The van der Waals surface area contributed by atoms with Crippen molar-refractivity contribution in [3.8, 4) is 22.9 Å². The highest BCUT2D eigenvalue weighted by atomic mass is 16.5. The minimum Gasteiger partial charge on any atom is -0.508 e. The van der Waals surface area contributed by atoms with Gasteiger partial charge in [-0.3, -0.25) is 4.98 Å². The van der Waals surface area contributed by atoms with Gasteiger partial charge in [-0.15, -0.1) is 0 Å². The summed E-state index contributed by atoms with van der Waals surface area (Å²) in [5.74, 6) is 2.12. The lowest BCUT2D eigenvalue weighted by molar-refractivity contribution is 0.188. The van der Waals surface area contributed by atoms with Crippen molar-refractivity contribution in [2.75, 3.05) is 43.1 Å². The number of piperazine rings is 1. The second kappa shape index (κ2) is 10.6. The quantitative estimate of drug-likeness (QED) is 0.292. The molecule has 3 atom stereocenters. The van der Waals surface area contributed by atoms with Crippen LogP contribution in [0.1, 0.15) is 25.7 Å². The first-order valence-electron chi connectivity index (χ1n) is 15.3. The Kier molecular flexibility index (Phi) is 6.48. The van der Waals surface area contributed by atoms with Crippen molar-refractivity contribution < 1.29 is 9.84 Å². The van der Waals surface area contributed by atoms with Crippen LogP contribution in [0.5, 0.6) is 11.8 Å². The van der Waals surface area contributed by atoms with Gasteiger partial charge in [-0.05, 0) is 85.4 Å². The molecule has 9 heteroatoms. The average Bonchev–Trinajstić information content (AvgIpc) is 3.57. The van der Waals surface area contributed by atoms with Crippen molar-refractivity contribution in [1.29, 1.82) is 0 Å². The Morgan fingerprint density at radius 1 is 0.930 bits per heavy atom. The fraction of sp³-hybridized carbons (Fsp3) is 0.353. The highest BCUT2D eigenvalue weighted by molar-refractivity contribution is 6.01. The smallest absolute Gasteiger partial charge is 0.319 e. The van der Waals surface area contributed by atoms with Gasteiger partial charge in [0.25, 0.3) is 0 Å². The Balaban J connectivity index is 1.20. The van der Waals surface area contributed by atoms with Gasteiger partial charge in [0.2, 0.25) is 0 Å². The largest absolute Gasteiger partial charge is 0.508 e. The number of rotatable bonds is 6. The van der Waals surface area contributed by atoms with E-state index in [1.165, 1.54) is 6.42 Å². The number of aromatic nitrogens is 4. The molecule has 5 aromatic rings. The molecule has 3 aliphatic rings. The van der Waals surface area contributed by atoms with Gasteiger partial charge in [-0.1, -0.05) is 30.3 Å². The van der Waals surface area contributed by atoms with Crippen molar-refractivity contribution in [2.45, 2.75) is 43.8 Å². The Morgan fingerprint density at radius 3 is 2.58 bits per heavy atom. The Bertz CT molecular complexity index is 1790. The van der Waals surface area contributed by atoms with E-state index in [-0.39, 0.29) is 5.75 Å². The standard InChI is InChI=1S/C34H35N7O2/c1-39-14-4-6-26(39)21-43-34-37-31-16-23(30-17-27(42)15-22-5-2-3-7-28(22)30)8-11-29(31)33(38-34)41-24-9-10-25(41)20-40(19-24)32-18-35-12-13-36-32/h2-3,5,7-8,11-13,15-18,24-26,42H,4,6,9-10,14,19-21H2,1H3/t24-,25+,26-/m0/s1. The van der Waals surface area contributed by atoms with Gasteiger partial charge in [0.1, 0.15) is 24.0 Å². The van der Waals surface area contributed by atoms with Gasteiger partial charge in [-0.25, -0.2) is 4.98 Å². The summed E-state index contributed by atoms with van der Waals surface area (Å²) in [6, 6.07) is 19.6. The number of hydrogen-bond acceptors (Lipinski definition) is 9. The summed E-state index contributed by atoms with van der Waals surface area (Å²) < 4.78 is 6.36. The first-order chi connectivity index (χ1) is 21.1. The van der Waals surface area contributed by atoms with Gasteiger partial charge < -0.3 is 24.5 Å². The van der Waals surface area contributed by atoms with Crippen LogP contribution in [0.3, 0.4) is 0 Å². The first-order valence-corrected chi connectivity index (χ1v) is 15.3. The maximum Gasteiger partial charge on any atom is 0.319 e. The number of nitrogens with zero attached hydrogens (tertiary/aromatic N) is 7. The lowest BCUT2D eigenvalue weighted by atomic mass is 9.97. The molecule has 0 saturated carbocycles. The molecule has 0 radical (unpaired) electrons. The molecule has 218 valence electrons. The second-order valence-electron chi connectivity index (χ2n) is 12.1. The number of ether oxygens (including phenoxy) is 1. The Hall–Kier alpha value is -4.50. The van der Waals surface area contributed by atoms with Crippen molar-refractivity contribution in [2.24, 2.45) is 0 Å². The van der Waals surface area contributed by atoms with Gasteiger partial charge >= 0.3 is 6.01 Å². The summed E-state index contributed by atoms with van der Waals surface area (Å²) >= 11 is 0. The predicted octanol–water partition coefficient (Wildman–Crippen LogP) is 5.28. The van der Waals surface area contributed by atoms with E-state index in [1.807, 2.05) is 36.5 Å². The number of anilines is 2. The summed E-state index contributed by atoms with van der Waals surface area (Å²) in [7, 11) is 2.16. The van der Waals surface area contributed by atoms with Crippen LogP contribution in [-0.4, -0.2) is 81.4 Å². The van der Waals surface area contributed by atoms with Gasteiger partial charge in [0.05, 0.1) is 11.7 Å². The third kappa shape index (κ3) is 4.77. The molecule has 5 heterocycles. The molecule has 2 aromatic heterocycles. The molecule has 0 amide bonds. The van der Waals surface area contributed by atoms with Crippen molar-refractivity contribution in [3.05, 3.63) is 73.2 Å². The molecule has 2 bridgehead atoms. The normalized spacial score (nSPS) is 22.1. The zero-order valence-electron chi connectivity index (χ0n) is 24.3. The Labute approximate surface area is 250 Å². The lowest BCUT2D eigenvalue weighted by Gasteiger charge is -2.42. The molecule has 0 unspecified atom stereocenters. The molecular formula is C34H35N7O2. The number of fused-ring (bicyclic) bond motifs is 4. The van der Waals surface area contributed by atoms with Crippen LogP contribution in [0.25, 0.3) is 32.8 Å². The fourth-order valence-electron chi connectivity index (χ4n) is 7.31. The molecule has 9 nitrogen and oxygen atoms in total. The second-order valence-corrected chi connectivity index (χ2v) is 12.1. The van der Waals surface area contributed by atoms with Crippen molar-refractivity contribution in [3.63, 3.8) is 0 Å². The van der Waals surface area contributed by atoms with Gasteiger partial charge in [-0.2, -0.15) is 9.97 Å². The maximum absolute atomic E-state index is 10.5. The van der Waals surface area contributed by atoms with E-state index in [4.69, 9.17) is 14.7 Å². The van der Waals surface area contributed by atoms with E-state index in [0.717, 1.165) is 83.3 Å². The van der Waals surface area contributed by atoms with Crippen LogP contribution in [-0.2, 0) is 0 Å². The molecule has 1 N–H and O–H groups in total. The van der Waals surface area contributed by atoms with Crippen LogP contribution in [0.2, 0.25) is 0 Å². The number of likely N-dealkylation sites (N-methyl/N-ethyl adjacent to an activating group) is 1. The van der Waals surface area contributed by atoms with E-state index >= 15 is 0 Å². The summed E-state index contributed by atoms with van der Waals surface area (Å²) in [5.41, 5.74) is 2.83. The maximum atomic E-state index is 10.5. The zero-order chi connectivity index (χ0) is 28.9. The van der Waals surface area contributed by atoms with E-state index in [1.54, 1.807) is 12.4 Å². The van der Waals surface area contributed by atoms with Gasteiger partial charge in [0.15, 0.2) is 0 Å². The fourth-order valence-corrected chi connectivity index (χ4v) is 7.31. The SMILES string of the molecule is CN1CCC[C@H]1COc1nc(N2[C@@H]3CC[C@H]2CN(c2cnccn2)C3)c2ccc(-c3cc(O)cc4ccccc34)cc2n1. The van der Waals surface area contributed by atoms with E-state index in [0.29, 0.717) is 30.7 Å². The molecule has 43 heavy (non-hydrogen) atoms. The highest BCUT2D eigenvalue weighted by Crippen LogP contribution is 2.41. The van der Waals surface area contributed by atoms with Gasteiger partial charge in [0, 0.05) is 49.0 Å². The zero-order valence-corrected chi connectivity index (χ0v) is 24.3. The lowest BCUT2D eigenvalue weighted by Crippen LogP contribution is -2.54. The molecular weight excluding hydrogens is 538 g/mol. The van der Waals surface area contributed by atoms with Crippen LogP contribution in [0, 0.1) is 0 Å². The number of benzene rings is 3. The predicted molar refractivity (Wildman–Crippen MR) is 169 cm³/mol. The molecule has 3 aliphatic heterocycles. The summed E-state index contributed by atoms with van der Waals surface area (Å²) in [4.78, 5) is 26.2. The molecule has 3 fully saturated rings. The van der Waals surface area contributed by atoms with Crippen LogP contribution in [0.15, 0.2) is 73.2 Å². The third-order valence-electron chi connectivity index (χ3n) is 9.49. The molecule has 3 saturated heterocycles. The van der Waals surface area contributed by atoms with Crippen LogP contribution < -0.4 is 14.5 Å². The summed E-state index contributed by atoms with van der Waals surface area (Å²) in [6.45, 7) is 3.42. The number of phenols is 1. The van der Waals surface area contributed by atoms with Crippen LogP contribution in [0.4, 0.5) is 11.6 Å². The monoisotopic (exact) mass is 573 g/mol. The Morgan fingerprint density at radius 2 is 1.79 bits per heavy atom. The molecule has 0 aliphatic carbocycles.